The molecule has 0 aliphatic heterocycles. The molecule has 0 heterocycles. The highest BCUT2D eigenvalue weighted by molar-refractivity contribution is 6.30. The lowest BCUT2D eigenvalue weighted by molar-refractivity contribution is -0.115. The van der Waals surface area contributed by atoms with Gasteiger partial charge in [0, 0.05) is 16.4 Å². The van der Waals surface area contributed by atoms with E-state index in [0.29, 0.717) is 22.0 Å². The van der Waals surface area contributed by atoms with Crippen LogP contribution in [0.2, 0.25) is 5.02 Å². The van der Waals surface area contributed by atoms with Gasteiger partial charge >= 0.3 is 0 Å². The van der Waals surface area contributed by atoms with Gasteiger partial charge in [-0.25, -0.2) is 5.43 Å². The van der Waals surface area contributed by atoms with Crippen LogP contribution in [0.3, 0.4) is 0 Å². The highest BCUT2D eigenvalue weighted by Gasteiger charge is 2.12. The molecular formula is C18H18ClN3O3. The summed E-state index contributed by atoms with van der Waals surface area (Å²) in [5, 5.41) is 17.1. The SMILES string of the molecule is C/C(CC(=O)Nc1ccc(Cl)cc1)=N/NC(=O)c1cccc(C)c1O. The Morgan fingerprint density at radius 3 is 2.52 bits per heavy atom. The molecule has 0 saturated heterocycles. The molecule has 2 rings (SSSR count). The van der Waals surface area contributed by atoms with E-state index in [1.165, 1.54) is 6.07 Å². The fraction of sp³-hybridized carbons (Fsp3) is 0.167. The van der Waals surface area contributed by atoms with Crippen LogP contribution >= 0.6 is 11.6 Å². The molecule has 2 aromatic rings. The zero-order valence-electron chi connectivity index (χ0n) is 13.8. The third-order valence-corrected chi connectivity index (χ3v) is 3.63. The Hall–Kier alpha value is -2.86. The van der Waals surface area contributed by atoms with Crippen molar-refractivity contribution in [3.63, 3.8) is 0 Å². The minimum Gasteiger partial charge on any atom is -0.507 e. The molecular weight excluding hydrogens is 342 g/mol. The molecule has 0 saturated carbocycles. The minimum atomic E-state index is -0.543. The maximum Gasteiger partial charge on any atom is 0.275 e. The second-order valence-corrected chi connectivity index (χ2v) is 5.93. The molecule has 25 heavy (non-hydrogen) atoms. The summed E-state index contributed by atoms with van der Waals surface area (Å²) in [5.41, 5.74) is 4.10. The van der Waals surface area contributed by atoms with E-state index >= 15 is 0 Å². The van der Waals surface area contributed by atoms with Gasteiger partial charge in [-0.05, 0) is 49.7 Å². The standard InChI is InChI=1S/C18H18ClN3O3/c1-11-4-3-5-15(17(11)24)18(25)22-21-12(2)10-16(23)20-14-8-6-13(19)7-9-14/h3-9,24H,10H2,1-2H3,(H,20,23)(H,22,25)/b21-12-. The van der Waals surface area contributed by atoms with Gasteiger partial charge in [-0.15, -0.1) is 0 Å². The van der Waals surface area contributed by atoms with Crippen molar-refractivity contribution in [2.75, 3.05) is 5.32 Å². The number of anilines is 1. The second-order valence-electron chi connectivity index (χ2n) is 5.49. The fourth-order valence-corrected chi connectivity index (χ4v) is 2.18. The summed E-state index contributed by atoms with van der Waals surface area (Å²) in [6.45, 7) is 3.32. The zero-order valence-corrected chi connectivity index (χ0v) is 14.6. The average molecular weight is 360 g/mol. The number of amides is 2. The number of hydrogen-bond acceptors (Lipinski definition) is 4. The Labute approximate surface area is 150 Å². The molecule has 2 aromatic carbocycles. The van der Waals surface area contributed by atoms with Crippen LogP contribution in [0.4, 0.5) is 5.69 Å². The lowest BCUT2D eigenvalue weighted by atomic mass is 10.1. The third-order valence-electron chi connectivity index (χ3n) is 3.38. The first-order valence-corrected chi connectivity index (χ1v) is 7.92. The minimum absolute atomic E-state index is 0.0166. The molecule has 2 amide bonds. The van der Waals surface area contributed by atoms with E-state index in [-0.39, 0.29) is 23.6 Å². The Balaban J connectivity index is 1.92. The summed E-state index contributed by atoms with van der Waals surface area (Å²) >= 11 is 5.78. The topological polar surface area (TPSA) is 90.8 Å². The number of carbonyl (C=O) groups excluding carboxylic acids is 2. The summed E-state index contributed by atoms with van der Waals surface area (Å²) in [6, 6.07) is 11.6. The highest BCUT2D eigenvalue weighted by Crippen LogP contribution is 2.21. The molecule has 0 fully saturated rings. The van der Waals surface area contributed by atoms with E-state index in [2.05, 4.69) is 15.8 Å². The quantitative estimate of drug-likeness (QED) is 0.563. The van der Waals surface area contributed by atoms with Gasteiger partial charge in [-0.1, -0.05) is 23.7 Å². The first-order valence-electron chi connectivity index (χ1n) is 7.54. The summed E-state index contributed by atoms with van der Waals surface area (Å²) in [6.07, 6.45) is 0.0166. The van der Waals surface area contributed by atoms with Gasteiger partial charge in [0.1, 0.15) is 5.75 Å². The van der Waals surface area contributed by atoms with Crippen molar-refractivity contribution in [3.05, 3.63) is 58.6 Å². The summed E-state index contributed by atoms with van der Waals surface area (Å²) < 4.78 is 0. The van der Waals surface area contributed by atoms with Gasteiger partial charge in [0.25, 0.3) is 5.91 Å². The Bertz CT molecular complexity index is 817. The van der Waals surface area contributed by atoms with E-state index in [1.807, 2.05) is 0 Å². The molecule has 0 radical (unpaired) electrons. The van der Waals surface area contributed by atoms with Crippen LogP contribution in [0, 0.1) is 6.92 Å². The number of halogens is 1. The number of phenolic OH excluding ortho intramolecular Hbond substituents is 1. The Kier molecular flexibility index (Phi) is 6.14. The van der Waals surface area contributed by atoms with Crippen molar-refractivity contribution in [1.29, 1.82) is 0 Å². The molecule has 3 N–H and O–H groups in total. The van der Waals surface area contributed by atoms with E-state index < -0.39 is 5.91 Å². The van der Waals surface area contributed by atoms with Crippen molar-refractivity contribution in [3.8, 4) is 5.75 Å². The van der Waals surface area contributed by atoms with Gasteiger partial charge in [-0.3, -0.25) is 9.59 Å². The molecule has 130 valence electrons. The van der Waals surface area contributed by atoms with Crippen molar-refractivity contribution in [2.45, 2.75) is 20.3 Å². The lowest BCUT2D eigenvalue weighted by Crippen LogP contribution is -2.21. The molecule has 0 unspecified atom stereocenters. The maximum absolute atomic E-state index is 12.0. The number of phenols is 1. The fourth-order valence-electron chi connectivity index (χ4n) is 2.06. The monoisotopic (exact) mass is 359 g/mol. The second kappa shape index (κ2) is 8.30. The predicted molar refractivity (Wildman–Crippen MR) is 98.1 cm³/mol. The Morgan fingerprint density at radius 1 is 1.16 bits per heavy atom. The summed E-state index contributed by atoms with van der Waals surface area (Å²) in [4.78, 5) is 24.0. The first kappa shape index (κ1) is 18.5. The van der Waals surface area contributed by atoms with Gasteiger partial charge in [0.15, 0.2) is 0 Å². The van der Waals surface area contributed by atoms with E-state index in [1.54, 1.807) is 50.2 Å². The number of carbonyl (C=O) groups is 2. The number of nitrogens with one attached hydrogen (secondary N) is 2. The number of para-hydroxylation sites is 1. The molecule has 0 aromatic heterocycles. The van der Waals surface area contributed by atoms with Crippen molar-refractivity contribution in [1.82, 2.24) is 5.43 Å². The number of benzene rings is 2. The molecule has 0 aliphatic carbocycles. The number of aryl methyl sites for hydroxylation is 1. The van der Waals surface area contributed by atoms with Crippen molar-refractivity contribution < 1.29 is 14.7 Å². The number of nitrogens with zero attached hydrogens (tertiary/aromatic N) is 1. The smallest absolute Gasteiger partial charge is 0.275 e. The van der Waals surface area contributed by atoms with Crippen molar-refractivity contribution >= 4 is 34.8 Å². The van der Waals surface area contributed by atoms with Crippen LogP contribution in [0.25, 0.3) is 0 Å². The largest absolute Gasteiger partial charge is 0.507 e. The number of hydrogen-bond donors (Lipinski definition) is 3. The molecule has 0 spiro atoms. The van der Waals surface area contributed by atoms with Gasteiger partial charge in [-0.2, -0.15) is 5.10 Å². The van der Waals surface area contributed by atoms with E-state index in [4.69, 9.17) is 11.6 Å². The molecule has 0 bridgehead atoms. The van der Waals surface area contributed by atoms with Crippen LogP contribution in [0.1, 0.15) is 29.3 Å². The van der Waals surface area contributed by atoms with Gasteiger partial charge < -0.3 is 10.4 Å². The number of aromatic hydroxyl groups is 1. The number of hydrazone groups is 1. The third kappa shape index (κ3) is 5.32. The highest BCUT2D eigenvalue weighted by atomic mass is 35.5. The van der Waals surface area contributed by atoms with E-state index in [9.17, 15) is 14.7 Å². The van der Waals surface area contributed by atoms with Crippen LogP contribution in [0.15, 0.2) is 47.6 Å². The predicted octanol–water partition coefficient (Wildman–Crippen LogP) is 3.49. The number of rotatable bonds is 5. The van der Waals surface area contributed by atoms with Crippen molar-refractivity contribution in [2.24, 2.45) is 5.10 Å². The maximum atomic E-state index is 12.0. The van der Waals surface area contributed by atoms with E-state index in [0.717, 1.165) is 0 Å². The Morgan fingerprint density at radius 2 is 1.84 bits per heavy atom. The van der Waals surface area contributed by atoms with Gasteiger partial charge in [0.2, 0.25) is 5.91 Å². The van der Waals surface area contributed by atoms with Crippen LogP contribution in [-0.4, -0.2) is 22.6 Å². The average Bonchev–Trinajstić information content (AvgIpc) is 2.57. The van der Waals surface area contributed by atoms with Crippen LogP contribution in [-0.2, 0) is 4.79 Å². The lowest BCUT2D eigenvalue weighted by Gasteiger charge is -2.07. The van der Waals surface area contributed by atoms with Crippen LogP contribution < -0.4 is 10.7 Å². The molecule has 7 heteroatoms. The zero-order chi connectivity index (χ0) is 18.4. The molecule has 0 atom stereocenters. The molecule has 0 aliphatic rings. The first-order chi connectivity index (χ1) is 11.9. The molecule has 6 nitrogen and oxygen atoms in total. The summed E-state index contributed by atoms with van der Waals surface area (Å²) in [5.74, 6) is -0.900. The van der Waals surface area contributed by atoms with Crippen LogP contribution in [0.5, 0.6) is 5.75 Å². The van der Waals surface area contributed by atoms with Gasteiger partial charge in [0.05, 0.1) is 12.0 Å². The summed E-state index contributed by atoms with van der Waals surface area (Å²) in [7, 11) is 0. The normalized spacial score (nSPS) is 11.1.